The van der Waals surface area contributed by atoms with Gasteiger partial charge in [-0.05, 0) is 93.4 Å². The molecular formula is C24H29FN2. The van der Waals surface area contributed by atoms with Crippen molar-refractivity contribution in [2.75, 3.05) is 19.6 Å². The minimum Gasteiger partial charge on any atom is -0.361 e. The van der Waals surface area contributed by atoms with Crippen LogP contribution in [0.4, 0.5) is 4.39 Å². The predicted molar refractivity (Wildman–Crippen MR) is 111 cm³/mol. The van der Waals surface area contributed by atoms with E-state index in [1.165, 1.54) is 50.0 Å². The smallest absolute Gasteiger partial charge is 0.124 e. The second-order valence-electron chi connectivity index (χ2n) is 7.94. The van der Waals surface area contributed by atoms with Gasteiger partial charge in [0.25, 0.3) is 0 Å². The molecular weight excluding hydrogens is 335 g/mol. The highest BCUT2D eigenvalue weighted by atomic mass is 19.1. The molecule has 0 unspecified atom stereocenters. The molecule has 142 valence electrons. The molecule has 2 aromatic carbocycles. The predicted octanol–water partition coefficient (Wildman–Crippen LogP) is 5.82. The van der Waals surface area contributed by atoms with Gasteiger partial charge in [0, 0.05) is 17.1 Å². The van der Waals surface area contributed by atoms with Crippen molar-refractivity contribution in [3.63, 3.8) is 0 Å². The third-order valence-electron chi connectivity index (χ3n) is 6.07. The molecule has 0 radical (unpaired) electrons. The number of H-pyrrole nitrogens is 1. The molecule has 1 aliphatic rings. The molecule has 27 heavy (non-hydrogen) atoms. The van der Waals surface area contributed by atoms with Crippen LogP contribution in [0.25, 0.3) is 10.9 Å². The van der Waals surface area contributed by atoms with Crippen molar-refractivity contribution in [1.82, 2.24) is 9.88 Å². The van der Waals surface area contributed by atoms with Crippen molar-refractivity contribution < 1.29 is 4.39 Å². The molecule has 0 atom stereocenters. The van der Waals surface area contributed by atoms with Crippen molar-refractivity contribution in [3.8, 4) is 0 Å². The zero-order valence-corrected chi connectivity index (χ0v) is 16.2. The van der Waals surface area contributed by atoms with Crippen LogP contribution in [0.15, 0.2) is 48.7 Å². The summed E-state index contributed by atoms with van der Waals surface area (Å²) in [6.45, 7) is 5.55. The van der Waals surface area contributed by atoms with E-state index in [1.807, 2.05) is 6.92 Å². The molecule has 1 saturated heterocycles. The van der Waals surface area contributed by atoms with E-state index in [4.69, 9.17) is 0 Å². The molecule has 1 aliphatic heterocycles. The maximum absolute atomic E-state index is 13.7. The van der Waals surface area contributed by atoms with Gasteiger partial charge < -0.3 is 9.88 Å². The summed E-state index contributed by atoms with van der Waals surface area (Å²) in [5.74, 6) is 0.592. The summed E-state index contributed by atoms with van der Waals surface area (Å²) in [5.41, 5.74) is 4.81. The topological polar surface area (TPSA) is 19.0 Å². The number of nitrogens with zero attached hydrogens (tertiary/aromatic N) is 1. The van der Waals surface area contributed by atoms with Crippen LogP contribution < -0.4 is 0 Å². The van der Waals surface area contributed by atoms with E-state index in [-0.39, 0.29) is 5.82 Å². The number of unbranched alkanes of at least 4 members (excludes halogenated alkanes) is 1. The number of nitrogens with one attached hydrogen (secondary N) is 1. The van der Waals surface area contributed by atoms with Crippen LogP contribution in [0.5, 0.6) is 0 Å². The Morgan fingerprint density at radius 2 is 1.85 bits per heavy atom. The fourth-order valence-corrected chi connectivity index (χ4v) is 4.50. The number of aromatic nitrogens is 1. The van der Waals surface area contributed by atoms with E-state index in [2.05, 4.69) is 46.4 Å². The third-order valence-corrected chi connectivity index (χ3v) is 6.07. The van der Waals surface area contributed by atoms with Crippen LogP contribution in [0.1, 0.15) is 48.3 Å². The Hall–Kier alpha value is -2.13. The Morgan fingerprint density at radius 3 is 2.63 bits per heavy atom. The van der Waals surface area contributed by atoms with Gasteiger partial charge >= 0.3 is 0 Å². The van der Waals surface area contributed by atoms with Gasteiger partial charge in [0.1, 0.15) is 5.82 Å². The Kier molecular flexibility index (Phi) is 5.58. The standard InChI is InChI=1S/C24H29FN2/c1-18-15-22(25)16-23-21(17-26-24(18)23)9-5-6-12-27-13-10-20(11-14-27)19-7-3-2-4-8-19/h2-4,7-8,15-17,20,26H,5-6,9-14H2,1H3. The number of hydrogen-bond donors (Lipinski definition) is 1. The summed E-state index contributed by atoms with van der Waals surface area (Å²) in [5, 5.41) is 1.05. The third kappa shape index (κ3) is 4.24. The molecule has 1 aromatic heterocycles. The number of rotatable bonds is 6. The highest BCUT2D eigenvalue weighted by Gasteiger charge is 2.19. The summed E-state index contributed by atoms with van der Waals surface area (Å²) in [6.07, 6.45) is 7.97. The van der Waals surface area contributed by atoms with E-state index in [1.54, 1.807) is 12.1 Å². The van der Waals surface area contributed by atoms with Gasteiger partial charge in [-0.2, -0.15) is 0 Å². The number of halogens is 1. The number of hydrogen-bond acceptors (Lipinski definition) is 1. The maximum Gasteiger partial charge on any atom is 0.124 e. The van der Waals surface area contributed by atoms with Crippen LogP contribution in [0, 0.1) is 12.7 Å². The first-order chi connectivity index (χ1) is 13.2. The van der Waals surface area contributed by atoms with Crippen molar-refractivity contribution >= 4 is 10.9 Å². The number of benzene rings is 2. The minimum atomic E-state index is -0.137. The molecule has 0 amide bonds. The minimum absolute atomic E-state index is 0.137. The summed E-state index contributed by atoms with van der Waals surface area (Å²) in [4.78, 5) is 5.93. The SMILES string of the molecule is Cc1cc(F)cc2c(CCCCN3CCC(c4ccccc4)CC3)c[nH]c12. The lowest BCUT2D eigenvalue weighted by molar-refractivity contribution is 0.209. The zero-order chi connectivity index (χ0) is 18.6. The Balaban J connectivity index is 1.23. The van der Waals surface area contributed by atoms with Gasteiger partial charge in [0.2, 0.25) is 0 Å². The largest absolute Gasteiger partial charge is 0.361 e. The van der Waals surface area contributed by atoms with E-state index in [9.17, 15) is 4.39 Å². The number of fused-ring (bicyclic) bond motifs is 1. The first-order valence-electron chi connectivity index (χ1n) is 10.2. The molecule has 4 rings (SSSR count). The first-order valence-corrected chi connectivity index (χ1v) is 10.2. The molecule has 0 bridgehead atoms. The zero-order valence-electron chi connectivity index (χ0n) is 16.2. The molecule has 2 heterocycles. The molecule has 3 heteroatoms. The fourth-order valence-electron chi connectivity index (χ4n) is 4.50. The van der Waals surface area contributed by atoms with Gasteiger partial charge in [-0.1, -0.05) is 30.3 Å². The van der Waals surface area contributed by atoms with Crippen molar-refractivity contribution in [3.05, 3.63) is 71.2 Å². The Morgan fingerprint density at radius 1 is 1.07 bits per heavy atom. The second-order valence-corrected chi connectivity index (χ2v) is 7.94. The van der Waals surface area contributed by atoms with Gasteiger partial charge in [0.15, 0.2) is 0 Å². The summed E-state index contributed by atoms with van der Waals surface area (Å²) in [6, 6.07) is 14.2. The number of likely N-dealkylation sites (tertiary alicyclic amines) is 1. The highest BCUT2D eigenvalue weighted by molar-refractivity contribution is 5.86. The van der Waals surface area contributed by atoms with Crippen molar-refractivity contribution in [2.24, 2.45) is 0 Å². The summed E-state index contributed by atoms with van der Waals surface area (Å²) < 4.78 is 13.7. The van der Waals surface area contributed by atoms with Crippen LogP contribution in [0.2, 0.25) is 0 Å². The summed E-state index contributed by atoms with van der Waals surface area (Å²) >= 11 is 0. The monoisotopic (exact) mass is 364 g/mol. The van der Waals surface area contributed by atoms with E-state index < -0.39 is 0 Å². The Bertz CT molecular complexity index is 876. The van der Waals surface area contributed by atoms with Crippen LogP contribution in [-0.4, -0.2) is 29.5 Å². The molecule has 0 saturated carbocycles. The maximum atomic E-state index is 13.7. The van der Waals surface area contributed by atoms with Gasteiger partial charge in [-0.15, -0.1) is 0 Å². The molecule has 2 nitrogen and oxygen atoms in total. The number of aryl methyl sites for hydroxylation is 2. The van der Waals surface area contributed by atoms with Crippen LogP contribution in [0.3, 0.4) is 0 Å². The van der Waals surface area contributed by atoms with Crippen molar-refractivity contribution in [2.45, 2.75) is 44.9 Å². The van der Waals surface area contributed by atoms with E-state index in [0.717, 1.165) is 35.2 Å². The van der Waals surface area contributed by atoms with Crippen molar-refractivity contribution in [1.29, 1.82) is 0 Å². The van der Waals surface area contributed by atoms with Gasteiger partial charge in [-0.25, -0.2) is 4.39 Å². The van der Waals surface area contributed by atoms with Crippen LogP contribution in [-0.2, 0) is 6.42 Å². The van der Waals surface area contributed by atoms with E-state index in [0.29, 0.717) is 0 Å². The first kappa shape index (κ1) is 18.2. The Labute approximate surface area is 161 Å². The van der Waals surface area contributed by atoms with Gasteiger partial charge in [-0.3, -0.25) is 0 Å². The molecule has 0 aliphatic carbocycles. The second kappa shape index (κ2) is 8.26. The molecule has 1 N–H and O–H groups in total. The van der Waals surface area contributed by atoms with Crippen LogP contribution >= 0.6 is 0 Å². The number of piperidine rings is 1. The van der Waals surface area contributed by atoms with E-state index >= 15 is 0 Å². The lowest BCUT2D eigenvalue weighted by atomic mass is 9.89. The molecule has 0 spiro atoms. The van der Waals surface area contributed by atoms with Gasteiger partial charge in [0.05, 0.1) is 0 Å². The number of aromatic amines is 1. The normalized spacial score (nSPS) is 16.2. The quantitative estimate of drug-likeness (QED) is 0.546. The lowest BCUT2D eigenvalue weighted by Gasteiger charge is -2.32. The average molecular weight is 365 g/mol. The average Bonchev–Trinajstić information content (AvgIpc) is 3.09. The fraction of sp³-hybridized carbons (Fsp3) is 0.417. The molecule has 3 aromatic rings. The lowest BCUT2D eigenvalue weighted by Crippen LogP contribution is -2.33. The highest BCUT2D eigenvalue weighted by Crippen LogP contribution is 2.28. The molecule has 1 fully saturated rings. The summed E-state index contributed by atoms with van der Waals surface area (Å²) in [7, 11) is 0.